The number of ether oxygens (including phenoxy) is 1. The number of halogens is 1. The summed E-state index contributed by atoms with van der Waals surface area (Å²) in [6.45, 7) is 3.58. The molecule has 5 rings (SSSR count). The van der Waals surface area contributed by atoms with Crippen molar-refractivity contribution in [1.82, 2.24) is 9.47 Å². The molecule has 4 aromatic rings. The third kappa shape index (κ3) is 5.42. The summed E-state index contributed by atoms with van der Waals surface area (Å²) in [7, 11) is 0. The minimum atomic E-state index is -0.237. The third-order valence-electron chi connectivity index (χ3n) is 6.12. The van der Waals surface area contributed by atoms with Crippen LogP contribution in [0, 0.1) is 6.92 Å². The molecule has 0 spiro atoms. The van der Waals surface area contributed by atoms with Crippen LogP contribution in [0.4, 0.5) is 4.79 Å². The standard InChI is InChI=1S/C29H25BrN2O3S/c1-20-7-10-24(11-8-20)35-16-15-31-19-22(25-18-23(30)9-12-26(25)31)17-27-28(33)32(29(34)36-27)14-13-21-5-3-2-4-6-21/h2-12,17-19H,13-16H2,1H3/b27-17-. The predicted molar refractivity (Wildman–Crippen MR) is 149 cm³/mol. The zero-order valence-electron chi connectivity index (χ0n) is 19.8. The average Bonchev–Trinajstić information content (AvgIpc) is 3.35. The summed E-state index contributed by atoms with van der Waals surface area (Å²) in [5, 5.41) is 0.786. The van der Waals surface area contributed by atoms with Crippen LogP contribution in [0.15, 0.2) is 88.4 Å². The van der Waals surface area contributed by atoms with E-state index in [-0.39, 0.29) is 11.1 Å². The van der Waals surface area contributed by atoms with Crippen LogP contribution in [0.2, 0.25) is 0 Å². The molecular formula is C29H25BrN2O3S. The van der Waals surface area contributed by atoms with E-state index in [9.17, 15) is 9.59 Å². The van der Waals surface area contributed by atoms with Crippen LogP contribution in [0.1, 0.15) is 16.7 Å². The summed E-state index contributed by atoms with van der Waals surface area (Å²) < 4.78 is 9.01. The maximum Gasteiger partial charge on any atom is 0.293 e. The van der Waals surface area contributed by atoms with Crippen LogP contribution in [-0.4, -0.2) is 33.8 Å². The number of imide groups is 1. The molecule has 0 radical (unpaired) electrons. The molecule has 0 bridgehead atoms. The Labute approximate surface area is 222 Å². The lowest BCUT2D eigenvalue weighted by atomic mass is 10.1. The van der Waals surface area contributed by atoms with Crippen molar-refractivity contribution in [3.8, 4) is 5.75 Å². The Morgan fingerprint density at radius 3 is 2.53 bits per heavy atom. The third-order valence-corrected chi connectivity index (χ3v) is 7.52. The van der Waals surface area contributed by atoms with Crippen molar-refractivity contribution in [2.45, 2.75) is 19.9 Å². The van der Waals surface area contributed by atoms with Crippen LogP contribution >= 0.6 is 27.7 Å². The molecule has 1 aromatic heterocycles. The number of benzene rings is 3. The number of fused-ring (bicyclic) bond motifs is 1. The van der Waals surface area contributed by atoms with Gasteiger partial charge in [0.1, 0.15) is 12.4 Å². The predicted octanol–water partition coefficient (Wildman–Crippen LogP) is 7.07. The van der Waals surface area contributed by atoms with Crippen molar-refractivity contribution >= 4 is 55.8 Å². The van der Waals surface area contributed by atoms with Gasteiger partial charge >= 0.3 is 0 Å². The van der Waals surface area contributed by atoms with Crippen LogP contribution in [0.5, 0.6) is 5.75 Å². The molecule has 1 aliphatic rings. The Bertz CT molecular complexity index is 1440. The monoisotopic (exact) mass is 560 g/mol. The summed E-state index contributed by atoms with van der Waals surface area (Å²) in [6, 6.07) is 24.0. The second kappa shape index (κ2) is 10.8. The summed E-state index contributed by atoms with van der Waals surface area (Å²) in [5.74, 6) is 0.601. The number of nitrogens with zero attached hydrogens (tertiary/aromatic N) is 2. The molecule has 5 nitrogen and oxygen atoms in total. The van der Waals surface area contributed by atoms with Gasteiger partial charge in [0.15, 0.2) is 0 Å². The summed E-state index contributed by atoms with van der Waals surface area (Å²) in [5.41, 5.74) is 4.23. The Hall–Kier alpha value is -3.29. The van der Waals surface area contributed by atoms with Crippen LogP contribution in [0.25, 0.3) is 17.0 Å². The van der Waals surface area contributed by atoms with Crippen molar-refractivity contribution < 1.29 is 14.3 Å². The molecule has 36 heavy (non-hydrogen) atoms. The molecule has 0 unspecified atom stereocenters. The Morgan fingerprint density at radius 2 is 1.75 bits per heavy atom. The maximum atomic E-state index is 13.1. The van der Waals surface area contributed by atoms with E-state index in [1.165, 1.54) is 10.5 Å². The fourth-order valence-corrected chi connectivity index (χ4v) is 5.43. The largest absolute Gasteiger partial charge is 0.492 e. The molecule has 1 aliphatic heterocycles. The van der Waals surface area contributed by atoms with Crippen LogP contribution in [-0.2, 0) is 17.8 Å². The van der Waals surface area contributed by atoms with Gasteiger partial charge in [0.05, 0.1) is 11.4 Å². The van der Waals surface area contributed by atoms with E-state index in [2.05, 4.69) is 20.5 Å². The maximum absolute atomic E-state index is 13.1. The first-order valence-corrected chi connectivity index (χ1v) is 13.4. The molecule has 0 saturated carbocycles. The first-order valence-electron chi connectivity index (χ1n) is 11.7. The van der Waals surface area contributed by atoms with E-state index in [0.29, 0.717) is 31.0 Å². The van der Waals surface area contributed by atoms with E-state index in [4.69, 9.17) is 4.74 Å². The zero-order chi connectivity index (χ0) is 25.1. The average molecular weight is 562 g/mol. The van der Waals surface area contributed by atoms with Crippen LogP contribution < -0.4 is 4.74 Å². The van der Waals surface area contributed by atoms with E-state index >= 15 is 0 Å². The van der Waals surface area contributed by atoms with Crippen molar-refractivity contribution in [2.24, 2.45) is 0 Å². The topological polar surface area (TPSA) is 51.5 Å². The molecule has 1 fully saturated rings. The summed E-state index contributed by atoms with van der Waals surface area (Å²) in [6.07, 6.45) is 4.49. The number of thioether (sulfide) groups is 1. The van der Waals surface area contributed by atoms with E-state index in [1.807, 2.05) is 92.0 Å². The van der Waals surface area contributed by atoms with Crippen molar-refractivity contribution in [2.75, 3.05) is 13.2 Å². The second-order valence-electron chi connectivity index (χ2n) is 8.67. The van der Waals surface area contributed by atoms with E-state index < -0.39 is 0 Å². The van der Waals surface area contributed by atoms with Gasteiger partial charge in [0, 0.05) is 33.7 Å². The van der Waals surface area contributed by atoms with Gasteiger partial charge in [-0.25, -0.2) is 0 Å². The highest BCUT2D eigenvalue weighted by Gasteiger charge is 2.34. The first kappa shape index (κ1) is 24.4. The zero-order valence-corrected chi connectivity index (χ0v) is 22.2. The number of carbonyl (C=O) groups is 2. The van der Waals surface area contributed by atoms with Gasteiger partial charge in [-0.2, -0.15) is 0 Å². The molecule has 0 N–H and O–H groups in total. The fraction of sp³-hybridized carbons (Fsp3) is 0.172. The molecule has 3 aromatic carbocycles. The lowest BCUT2D eigenvalue weighted by Crippen LogP contribution is -2.30. The van der Waals surface area contributed by atoms with Crippen molar-refractivity contribution in [3.63, 3.8) is 0 Å². The van der Waals surface area contributed by atoms with Crippen molar-refractivity contribution in [1.29, 1.82) is 0 Å². The van der Waals surface area contributed by atoms with Crippen molar-refractivity contribution in [3.05, 3.63) is 105 Å². The lowest BCUT2D eigenvalue weighted by molar-refractivity contribution is -0.122. The van der Waals surface area contributed by atoms with Gasteiger partial charge in [-0.05, 0) is 67.1 Å². The number of amides is 2. The number of rotatable bonds is 8. The molecule has 0 atom stereocenters. The Balaban J connectivity index is 1.35. The molecule has 0 aliphatic carbocycles. The molecule has 1 saturated heterocycles. The number of carbonyl (C=O) groups excluding carboxylic acids is 2. The van der Waals surface area contributed by atoms with E-state index in [1.54, 1.807) is 0 Å². The molecule has 2 heterocycles. The van der Waals surface area contributed by atoms with Gasteiger partial charge in [-0.1, -0.05) is 64.0 Å². The minimum Gasteiger partial charge on any atom is -0.492 e. The number of aromatic nitrogens is 1. The summed E-state index contributed by atoms with van der Waals surface area (Å²) in [4.78, 5) is 27.5. The van der Waals surface area contributed by atoms with E-state index in [0.717, 1.165) is 44.0 Å². The Kier molecular flexibility index (Phi) is 7.30. The normalized spacial score (nSPS) is 14.8. The smallest absolute Gasteiger partial charge is 0.293 e. The number of hydrogen-bond donors (Lipinski definition) is 0. The van der Waals surface area contributed by atoms with Gasteiger partial charge < -0.3 is 9.30 Å². The summed E-state index contributed by atoms with van der Waals surface area (Å²) >= 11 is 4.57. The van der Waals surface area contributed by atoms with Crippen LogP contribution in [0.3, 0.4) is 0 Å². The highest BCUT2D eigenvalue weighted by Crippen LogP contribution is 2.35. The quantitative estimate of drug-likeness (QED) is 0.216. The Morgan fingerprint density at radius 1 is 0.972 bits per heavy atom. The van der Waals surface area contributed by atoms with Gasteiger partial charge in [0.25, 0.3) is 11.1 Å². The number of aryl methyl sites for hydroxylation is 1. The fourth-order valence-electron chi connectivity index (χ4n) is 4.21. The molecule has 182 valence electrons. The molecule has 7 heteroatoms. The SMILES string of the molecule is Cc1ccc(OCCn2cc(/C=C3\SC(=O)N(CCc4ccccc4)C3=O)c3cc(Br)ccc32)cc1. The minimum absolute atomic E-state index is 0.224. The number of hydrogen-bond acceptors (Lipinski definition) is 4. The highest BCUT2D eigenvalue weighted by molar-refractivity contribution is 9.10. The van der Waals surface area contributed by atoms with Gasteiger partial charge in [0.2, 0.25) is 0 Å². The van der Waals surface area contributed by atoms with Gasteiger partial charge in [-0.15, -0.1) is 0 Å². The highest BCUT2D eigenvalue weighted by atomic mass is 79.9. The lowest BCUT2D eigenvalue weighted by Gasteiger charge is -2.12. The molecular weight excluding hydrogens is 536 g/mol. The first-order chi connectivity index (χ1) is 17.5. The molecule has 2 amide bonds. The second-order valence-corrected chi connectivity index (χ2v) is 10.6. The van der Waals surface area contributed by atoms with Gasteiger partial charge in [-0.3, -0.25) is 14.5 Å².